The van der Waals surface area contributed by atoms with Crippen molar-refractivity contribution in [3.63, 3.8) is 0 Å². The molecule has 0 atom stereocenters. The van der Waals surface area contributed by atoms with E-state index in [1.165, 1.54) is 0 Å². The maximum Gasteiger partial charge on any atom is 0.161 e. The molecule has 5 heteroatoms. The minimum Gasteiger partial charge on any atom is -0.494 e. The Bertz CT molecular complexity index is 1010. The Morgan fingerprint density at radius 1 is 0.929 bits per heavy atom. The Balaban J connectivity index is 2.16. The van der Waals surface area contributed by atoms with Gasteiger partial charge in [-0.3, -0.25) is 4.99 Å². The lowest BCUT2D eigenvalue weighted by molar-refractivity contribution is 0.340. The fraction of sp³-hybridized carbons (Fsp3) is 0.348. The average Bonchev–Trinajstić information content (AvgIpc) is 2.73. The van der Waals surface area contributed by atoms with Crippen LogP contribution in [0.2, 0.25) is 0 Å². The molecule has 148 valence electrons. The van der Waals surface area contributed by atoms with Crippen molar-refractivity contribution in [2.24, 2.45) is 4.99 Å². The fourth-order valence-corrected chi connectivity index (χ4v) is 3.02. The van der Waals surface area contributed by atoms with Gasteiger partial charge in [-0.05, 0) is 49.7 Å². The molecule has 0 unspecified atom stereocenters. The predicted octanol–water partition coefficient (Wildman–Crippen LogP) is 5.22. The van der Waals surface area contributed by atoms with E-state index in [-0.39, 0.29) is 0 Å². The van der Waals surface area contributed by atoms with Crippen molar-refractivity contribution >= 4 is 11.0 Å². The van der Waals surface area contributed by atoms with Gasteiger partial charge in [-0.1, -0.05) is 13.3 Å². The number of hydrogen-bond donors (Lipinski definition) is 0. The molecule has 3 aromatic rings. The lowest BCUT2D eigenvalue weighted by atomic mass is 10.1. The van der Waals surface area contributed by atoms with Gasteiger partial charge < -0.3 is 18.6 Å². The number of hydrogen-bond acceptors (Lipinski definition) is 5. The summed E-state index contributed by atoms with van der Waals surface area (Å²) in [5.41, 5.74) is 1.67. The fourth-order valence-electron chi connectivity index (χ4n) is 3.02. The molecule has 5 nitrogen and oxygen atoms in total. The van der Waals surface area contributed by atoms with Gasteiger partial charge in [0.25, 0.3) is 0 Å². The van der Waals surface area contributed by atoms with Crippen LogP contribution >= 0.6 is 0 Å². The van der Waals surface area contributed by atoms with Crippen molar-refractivity contribution in [3.8, 4) is 28.6 Å². The summed E-state index contributed by atoms with van der Waals surface area (Å²) in [6, 6.07) is 13.6. The maximum absolute atomic E-state index is 6.19. The molecule has 1 heterocycles. The maximum atomic E-state index is 6.19. The van der Waals surface area contributed by atoms with Crippen LogP contribution < -0.4 is 19.6 Å². The van der Waals surface area contributed by atoms with E-state index in [2.05, 4.69) is 6.92 Å². The average molecular weight is 381 g/mol. The normalized spacial score (nSPS) is 11.6. The van der Waals surface area contributed by atoms with Crippen molar-refractivity contribution in [3.05, 3.63) is 47.8 Å². The van der Waals surface area contributed by atoms with E-state index < -0.39 is 0 Å². The monoisotopic (exact) mass is 381 g/mol. The van der Waals surface area contributed by atoms with Crippen LogP contribution in [0, 0.1) is 0 Å². The summed E-state index contributed by atoms with van der Waals surface area (Å²) in [5.74, 6) is 2.89. The van der Waals surface area contributed by atoms with Crippen LogP contribution in [-0.2, 0) is 0 Å². The summed E-state index contributed by atoms with van der Waals surface area (Å²) in [5, 5.41) is 1.85. The van der Waals surface area contributed by atoms with Gasteiger partial charge in [0, 0.05) is 23.6 Å². The molecule has 0 spiro atoms. The van der Waals surface area contributed by atoms with Gasteiger partial charge in [0.15, 0.2) is 11.5 Å². The SMILES string of the molecule is CCCCN=c1cc(-c2ccc(OC)c(OC)c2)oc2ccc(OCC)cc12. The highest BCUT2D eigenvalue weighted by Gasteiger charge is 2.11. The molecule has 0 bridgehead atoms. The summed E-state index contributed by atoms with van der Waals surface area (Å²) >= 11 is 0. The highest BCUT2D eigenvalue weighted by molar-refractivity contribution is 5.80. The second-order valence-corrected chi connectivity index (χ2v) is 6.39. The minimum atomic E-state index is 0.620. The Hall–Kier alpha value is -2.95. The Morgan fingerprint density at radius 2 is 1.75 bits per heavy atom. The third-order valence-electron chi connectivity index (χ3n) is 4.49. The van der Waals surface area contributed by atoms with Gasteiger partial charge in [0.05, 0.1) is 26.2 Å². The molecule has 1 aromatic heterocycles. The molecule has 3 rings (SSSR count). The number of methoxy groups -OCH3 is 2. The zero-order chi connectivity index (χ0) is 19.9. The van der Waals surface area contributed by atoms with Crippen LogP contribution in [0.4, 0.5) is 0 Å². The molecular weight excluding hydrogens is 354 g/mol. The van der Waals surface area contributed by atoms with Crippen LogP contribution in [-0.4, -0.2) is 27.4 Å². The second-order valence-electron chi connectivity index (χ2n) is 6.39. The first-order valence-electron chi connectivity index (χ1n) is 9.63. The summed E-state index contributed by atoms with van der Waals surface area (Å²) < 4.78 is 22.6. The highest BCUT2D eigenvalue weighted by Crippen LogP contribution is 2.33. The second kappa shape index (κ2) is 9.31. The van der Waals surface area contributed by atoms with E-state index >= 15 is 0 Å². The van der Waals surface area contributed by atoms with E-state index in [0.29, 0.717) is 18.1 Å². The molecule has 2 aromatic carbocycles. The van der Waals surface area contributed by atoms with Crippen LogP contribution in [0.25, 0.3) is 22.3 Å². The predicted molar refractivity (Wildman–Crippen MR) is 111 cm³/mol. The number of ether oxygens (including phenoxy) is 3. The molecule has 0 amide bonds. The number of unbranched alkanes of at least 4 members (excludes halogenated alkanes) is 1. The number of fused-ring (bicyclic) bond motifs is 1. The van der Waals surface area contributed by atoms with Crippen molar-refractivity contribution in [1.82, 2.24) is 0 Å². The van der Waals surface area contributed by atoms with Crippen LogP contribution in [0.5, 0.6) is 17.2 Å². The Labute approximate surface area is 165 Å². The van der Waals surface area contributed by atoms with Crippen LogP contribution in [0.15, 0.2) is 51.9 Å². The van der Waals surface area contributed by atoms with Gasteiger partial charge in [0.2, 0.25) is 0 Å². The molecule has 0 N–H and O–H groups in total. The van der Waals surface area contributed by atoms with Crippen molar-refractivity contribution in [2.75, 3.05) is 27.4 Å². The molecule has 28 heavy (non-hydrogen) atoms. The first kappa shape index (κ1) is 19.8. The highest BCUT2D eigenvalue weighted by atomic mass is 16.5. The van der Waals surface area contributed by atoms with Crippen molar-refractivity contribution in [2.45, 2.75) is 26.7 Å². The Morgan fingerprint density at radius 3 is 2.46 bits per heavy atom. The minimum absolute atomic E-state index is 0.620. The van der Waals surface area contributed by atoms with E-state index in [1.807, 2.05) is 49.4 Å². The first-order valence-corrected chi connectivity index (χ1v) is 9.63. The molecule has 0 saturated heterocycles. The summed E-state index contributed by atoms with van der Waals surface area (Å²) in [6.07, 6.45) is 2.15. The molecule has 0 saturated carbocycles. The van der Waals surface area contributed by atoms with Crippen LogP contribution in [0.1, 0.15) is 26.7 Å². The summed E-state index contributed by atoms with van der Waals surface area (Å²) in [7, 11) is 3.25. The van der Waals surface area contributed by atoms with Gasteiger partial charge in [0.1, 0.15) is 17.1 Å². The topological polar surface area (TPSA) is 53.2 Å². The molecule has 0 radical (unpaired) electrons. The zero-order valence-corrected chi connectivity index (χ0v) is 17.0. The third kappa shape index (κ3) is 4.30. The van der Waals surface area contributed by atoms with E-state index in [0.717, 1.165) is 52.8 Å². The van der Waals surface area contributed by atoms with E-state index in [4.69, 9.17) is 23.6 Å². The number of nitrogens with zero attached hydrogens (tertiary/aromatic N) is 1. The molecule has 0 aliphatic heterocycles. The molecule has 0 aliphatic carbocycles. The van der Waals surface area contributed by atoms with Crippen molar-refractivity contribution < 1.29 is 18.6 Å². The van der Waals surface area contributed by atoms with Gasteiger partial charge in [-0.25, -0.2) is 0 Å². The standard InChI is InChI=1S/C23H27NO4/c1-5-7-12-24-19-15-22(16-8-10-21(25-3)23(13-16)26-4)28-20-11-9-17(27-6-2)14-18(19)20/h8-11,13-15H,5-7,12H2,1-4H3. The van der Waals surface area contributed by atoms with Crippen LogP contribution in [0.3, 0.4) is 0 Å². The lowest BCUT2D eigenvalue weighted by Crippen LogP contribution is -2.06. The Kier molecular flexibility index (Phi) is 6.58. The molecule has 0 aliphatic rings. The largest absolute Gasteiger partial charge is 0.494 e. The van der Waals surface area contributed by atoms with Gasteiger partial charge in [-0.15, -0.1) is 0 Å². The van der Waals surface area contributed by atoms with E-state index in [9.17, 15) is 0 Å². The smallest absolute Gasteiger partial charge is 0.161 e. The summed E-state index contributed by atoms with van der Waals surface area (Å²) in [6.45, 7) is 5.53. The summed E-state index contributed by atoms with van der Waals surface area (Å²) in [4.78, 5) is 4.82. The van der Waals surface area contributed by atoms with Crippen molar-refractivity contribution in [1.29, 1.82) is 0 Å². The van der Waals surface area contributed by atoms with Gasteiger partial charge >= 0.3 is 0 Å². The third-order valence-corrected chi connectivity index (χ3v) is 4.49. The van der Waals surface area contributed by atoms with Gasteiger partial charge in [-0.2, -0.15) is 0 Å². The first-order chi connectivity index (χ1) is 13.7. The quantitative estimate of drug-likeness (QED) is 0.502. The zero-order valence-electron chi connectivity index (χ0n) is 17.0. The molecular formula is C23H27NO4. The number of rotatable bonds is 8. The molecule has 0 fully saturated rings. The number of benzene rings is 2. The lowest BCUT2D eigenvalue weighted by Gasteiger charge is -2.11. The van der Waals surface area contributed by atoms with E-state index in [1.54, 1.807) is 14.2 Å².